The molecule has 1 aromatic heterocycles. The maximum Gasteiger partial charge on any atom is 0.186 e. The average molecular weight is 268 g/mol. The van der Waals surface area contributed by atoms with Gasteiger partial charge in [0.15, 0.2) is 5.69 Å². The van der Waals surface area contributed by atoms with Crippen molar-refractivity contribution in [3.05, 3.63) is 29.5 Å². The minimum Gasteiger partial charge on any atom is -0.379 e. The minimum absolute atomic E-state index is 0.217. The molecule has 0 spiro atoms. The van der Waals surface area contributed by atoms with Crippen molar-refractivity contribution in [2.45, 2.75) is 25.9 Å². The van der Waals surface area contributed by atoms with Crippen molar-refractivity contribution in [2.75, 3.05) is 18.5 Å². The predicted molar refractivity (Wildman–Crippen MR) is 76.5 cm³/mol. The van der Waals surface area contributed by atoms with Gasteiger partial charge >= 0.3 is 0 Å². The molecule has 20 heavy (non-hydrogen) atoms. The van der Waals surface area contributed by atoms with Crippen LogP contribution in [0.4, 0.5) is 5.69 Å². The maximum absolute atomic E-state index is 9.22. The van der Waals surface area contributed by atoms with Crippen LogP contribution in [-0.2, 0) is 4.74 Å². The van der Waals surface area contributed by atoms with Crippen molar-refractivity contribution >= 4 is 16.6 Å². The first kappa shape index (κ1) is 12.8. The number of aromatic nitrogens is 2. The Labute approximate surface area is 117 Å². The van der Waals surface area contributed by atoms with Gasteiger partial charge in [-0.15, -0.1) is 10.2 Å². The van der Waals surface area contributed by atoms with Crippen LogP contribution >= 0.6 is 0 Å². The molecule has 0 bridgehead atoms. The Morgan fingerprint density at radius 3 is 3.10 bits per heavy atom. The van der Waals surface area contributed by atoms with E-state index in [0.29, 0.717) is 12.2 Å². The van der Waals surface area contributed by atoms with Crippen LogP contribution in [0.3, 0.4) is 0 Å². The highest BCUT2D eigenvalue weighted by Gasteiger charge is 2.17. The van der Waals surface area contributed by atoms with E-state index >= 15 is 0 Å². The molecule has 1 aliphatic rings. The van der Waals surface area contributed by atoms with Crippen LogP contribution in [0.2, 0.25) is 0 Å². The minimum atomic E-state index is 0.217. The van der Waals surface area contributed by atoms with Crippen molar-refractivity contribution < 1.29 is 4.74 Å². The van der Waals surface area contributed by atoms with E-state index in [-0.39, 0.29) is 6.10 Å². The summed E-state index contributed by atoms with van der Waals surface area (Å²) < 4.78 is 5.60. The molecule has 0 amide bonds. The van der Waals surface area contributed by atoms with Crippen molar-refractivity contribution in [1.82, 2.24) is 10.2 Å². The number of ether oxygens (including phenoxy) is 1. The zero-order valence-electron chi connectivity index (χ0n) is 11.4. The summed E-state index contributed by atoms with van der Waals surface area (Å²) in [6.45, 7) is 3.55. The summed E-state index contributed by atoms with van der Waals surface area (Å²) in [7, 11) is 0. The number of nitrogens with zero attached hydrogens (tertiary/aromatic N) is 3. The number of anilines is 1. The topological polar surface area (TPSA) is 70.8 Å². The maximum atomic E-state index is 9.22. The quantitative estimate of drug-likeness (QED) is 0.925. The Balaban J connectivity index is 1.97. The first-order chi connectivity index (χ1) is 9.78. The molecule has 2 heterocycles. The summed E-state index contributed by atoms with van der Waals surface area (Å²) in [6, 6.07) is 8.06. The van der Waals surface area contributed by atoms with Crippen molar-refractivity contribution in [3.63, 3.8) is 0 Å². The number of hydrogen-bond donors (Lipinski definition) is 1. The van der Waals surface area contributed by atoms with E-state index in [1.54, 1.807) is 0 Å². The molecule has 0 radical (unpaired) electrons. The molecule has 1 saturated heterocycles. The highest BCUT2D eigenvalue weighted by atomic mass is 16.5. The lowest BCUT2D eigenvalue weighted by molar-refractivity contribution is 0.120. The molecule has 0 saturated carbocycles. The molecule has 1 atom stereocenters. The molecule has 2 aromatic rings. The Morgan fingerprint density at radius 1 is 1.45 bits per heavy atom. The summed E-state index contributed by atoms with van der Waals surface area (Å²) >= 11 is 0. The third-order valence-corrected chi connectivity index (χ3v) is 3.55. The van der Waals surface area contributed by atoms with Crippen LogP contribution in [0.5, 0.6) is 0 Å². The molecule has 3 rings (SSSR count). The second-order valence-electron chi connectivity index (χ2n) is 5.07. The third kappa shape index (κ3) is 2.43. The van der Waals surface area contributed by atoms with Crippen LogP contribution in [-0.4, -0.2) is 29.5 Å². The summed E-state index contributed by atoms with van der Waals surface area (Å²) in [6.07, 6.45) is 2.38. The fraction of sp³-hybridized carbons (Fsp3) is 0.400. The third-order valence-electron chi connectivity index (χ3n) is 3.55. The zero-order chi connectivity index (χ0) is 13.9. The molecule has 1 fully saturated rings. The van der Waals surface area contributed by atoms with E-state index in [1.807, 2.05) is 25.1 Å². The number of aryl methyl sites for hydroxylation is 1. The molecule has 5 heteroatoms. The molecular formula is C15H16N4O. The summed E-state index contributed by atoms with van der Waals surface area (Å²) in [5, 5.41) is 21.6. The highest BCUT2D eigenvalue weighted by Crippen LogP contribution is 2.25. The normalized spacial score (nSPS) is 18.1. The van der Waals surface area contributed by atoms with Gasteiger partial charge in [-0.25, -0.2) is 0 Å². The highest BCUT2D eigenvalue weighted by molar-refractivity contribution is 5.93. The van der Waals surface area contributed by atoms with E-state index in [9.17, 15) is 5.26 Å². The number of nitrogens with one attached hydrogen (secondary N) is 1. The Hall–Kier alpha value is -2.19. The van der Waals surface area contributed by atoms with Gasteiger partial charge in [-0.05, 0) is 31.9 Å². The van der Waals surface area contributed by atoms with Crippen molar-refractivity contribution in [3.8, 4) is 6.07 Å². The second kappa shape index (κ2) is 5.43. The standard InChI is InChI=1S/C15H16N4O/c1-10-4-5-13-12(7-10)15(14(8-16)19-18-13)17-9-11-3-2-6-20-11/h4-5,7,11H,2-3,6,9H2,1H3,(H,17,18). The molecule has 1 unspecified atom stereocenters. The van der Waals surface area contributed by atoms with E-state index in [1.165, 1.54) is 0 Å². The van der Waals surface area contributed by atoms with Crippen LogP contribution in [0.1, 0.15) is 24.1 Å². The molecule has 0 aliphatic carbocycles. The lowest BCUT2D eigenvalue weighted by atomic mass is 10.1. The summed E-state index contributed by atoms with van der Waals surface area (Å²) in [5.41, 5.74) is 3.02. The zero-order valence-corrected chi connectivity index (χ0v) is 11.4. The van der Waals surface area contributed by atoms with E-state index in [0.717, 1.165) is 41.6 Å². The molecule has 1 N–H and O–H groups in total. The van der Waals surface area contributed by atoms with Crippen LogP contribution < -0.4 is 5.32 Å². The van der Waals surface area contributed by atoms with Crippen molar-refractivity contribution in [1.29, 1.82) is 5.26 Å². The fourth-order valence-corrected chi connectivity index (χ4v) is 2.50. The molecule has 1 aromatic carbocycles. The van der Waals surface area contributed by atoms with Gasteiger partial charge in [-0.2, -0.15) is 5.26 Å². The smallest absolute Gasteiger partial charge is 0.186 e. The molecule has 1 aliphatic heterocycles. The average Bonchev–Trinajstić information content (AvgIpc) is 2.97. The number of fused-ring (bicyclic) bond motifs is 1. The SMILES string of the molecule is Cc1ccc2nnc(C#N)c(NCC3CCCO3)c2c1. The Kier molecular flexibility index (Phi) is 3.48. The van der Waals surface area contributed by atoms with Gasteiger partial charge in [0.1, 0.15) is 6.07 Å². The first-order valence-electron chi connectivity index (χ1n) is 6.80. The fourth-order valence-electron chi connectivity index (χ4n) is 2.50. The molecule has 102 valence electrons. The van der Waals surface area contributed by atoms with E-state index in [2.05, 4.69) is 21.6 Å². The van der Waals surface area contributed by atoms with Gasteiger partial charge in [0.05, 0.1) is 17.3 Å². The number of hydrogen-bond acceptors (Lipinski definition) is 5. The van der Waals surface area contributed by atoms with Crippen LogP contribution in [0, 0.1) is 18.3 Å². The van der Waals surface area contributed by atoms with E-state index in [4.69, 9.17) is 4.74 Å². The summed E-state index contributed by atoms with van der Waals surface area (Å²) in [4.78, 5) is 0. The van der Waals surface area contributed by atoms with Gasteiger partial charge in [-0.1, -0.05) is 11.6 Å². The lowest BCUT2D eigenvalue weighted by Crippen LogP contribution is -2.19. The Morgan fingerprint density at radius 2 is 2.35 bits per heavy atom. The van der Waals surface area contributed by atoms with Gasteiger partial charge in [0.25, 0.3) is 0 Å². The summed E-state index contributed by atoms with van der Waals surface area (Å²) in [5.74, 6) is 0. The Bertz CT molecular complexity index is 671. The van der Waals surface area contributed by atoms with Crippen LogP contribution in [0.25, 0.3) is 10.9 Å². The number of benzene rings is 1. The van der Waals surface area contributed by atoms with Crippen LogP contribution in [0.15, 0.2) is 18.2 Å². The predicted octanol–water partition coefficient (Wildman–Crippen LogP) is 2.40. The number of nitriles is 1. The lowest BCUT2D eigenvalue weighted by Gasteiger charge is -2.14. The monoisotopic (exact) mass is 268 g/mol. The van der Waals surface area contributed by atoms with Crippen molar-refractivity contribution in [2.24, 2.45) is 0 Å². The van der Waals surface area contributed by atoms with Gasteiger partial charge in [0.2, 0.25) is 0 Å². The van der Waals surface area contributed by atoms with Gasteiger partial charge < -0.3 is 10.1 Å². The molecular weight excluding hydrogens is 252 g/mol. The second-order valence-corrected chi connectivity index (χ2v) is 5.07. The van der Waals surface area contributed by atoms with Gasteiger partial charge in [-0.3, -0.25) is 0 Å². The van der Waals surface area contributed by atoms with E-state index < -0.39 is 0 Å². The largest absolute Gasteiger partial charge is 0.379 e. The number of rotatable bonds is 3. The first-order valence-corrected chi connectivity index (χ1v) is 6.80. The van der Waals surface area contributed by atoms with Gasteiger partial charge in [0, 0.05) is 18.5 Å². The molecule has 5 nitrogen and oxygen atoms in total.